The van der Waals surface area contributed by atoms with Crippen LogP contribution in [0.1, 0.15) is 12.2 Å². The number of hydrogen-bond donors (Lipinski definition) is 2. The number of aryl methyl sites for hydroxylation is 1. The molecule has 0 spiro atoms. The Morgan fingerprint density at radius 2 is 2.20 bits per heavy atom. The number of carboxylic acid groups (broad SMARTS) is 1. The fourth-order valence-corrected chi connectivity index (χ4v) is 2.52. The summed E-state index contributed by atoms with van der Waals surface area (Å²) >= 11 is 3.40. The Labute approximate surface area is 122 Å². The number of aliphatic carboxylic acids is 1. The van der Waals surface area contributed by atoms with Gasteiger partial charge in [0.1, 0.15) is 16.1 Å². The van der Waals surface area contributed by atoms with Crippen LogP contribution in [0.15, 0.2) is 22.8 Å². The van der Waals surface area contributed by atoms with Crippen LogP contribution in [0.25, 0.3) is 11.3 Å². The average molecular weight is 339 g/mol. The first-order chi connectivity index (χ1) is 9.63. The number of nitrogens with zero attached hydrogens (tertiary/aromatic N) is 1. The number of imidazole rings is 1. The molecule has 0 aliphatic carbocycles. The number of nitrogens with one attached hydrogen (secondary N) is 1. The second-order valence-electron chi connectivity index (χ2n) is 4.31. The van der Waals surface area contributed by atoms with Crippen LogP contribution in [-0.4, -0.2) is 27.8 Å². The molecule has 0 atom stereocenters. The highest BCUT2D eigenvalue weighted by molar-refractivity contribution is 9.10. The van der Waals surface area contributed by atoms with Gasteiger partial charge < -0.3 is 19.6 Å². The smallest absolute Gasteiger partial charge is 0.303 e. The molecule has 1 aliphatic rings. The topological polar surface area (TPSA) is 84.4 Å². The molecule has 0 radical (unpaired) electrons. The molecule has 3 rings (SSSR count). The normalized spacial score (nSPS) is 12.7. The van der Waals surface area contributed by atoms with Crippen molar-refractivity contribution in [3.8, 4) is 22.8 Å². The molecule has 2 aromatic rings. The fourth-order valence-electron chi connectivity index (χ4n) is 1.98. The lowest BCUT2D eigenvalue weighted by Gasteiger charge is -2.00. The van der Waals surface area contributed by atoms with Gasteiger partial charge in [0.2, 0.25) is 6.79 Å². The molecule has 1 aromatic carbocycles. The Morgan fingerprint density at radius 1 is 1.40 bits per heavy atom. The van der Waals surface area contributed by atoms with Gasteiger partial charge in [0.15, 0.2) is 11.5 Å². The van der Waals surface area contributed by atoms with E-state index in [-0.39, 0.29) is 13.2 Å². The van der Waals surface area contributed by atoms with Gasteiger partial charge in [-0.3, -0.25) is 4.79 Å². The van der Waals surface area contributed by atoms with Crippen molar-refractivity contribution in [2.75, 3.05) is 6.79 Å². The molecule has 6 nitrogen and oxygen atoms in total. The number of halogens is 1. The third-order valence-corrected chi connectivity index (χ3v) is 3.50. The minimum absolute atomic E-state index is 0.0422. The van der Waals surface area contributed by atoms with E-state index in [1.165, 1.54) is 0 Å². The molecule has 0 unspecified atom stereocenters. The first kappa shape index (κ1) is 13.0. The number of aromatic nitrogens is 2. The number of aromatic amines is 1. The van der Waals surface area contributed by atoms with Crippen LogP contribution in [0.4, 0.5) is 0 Å². The Balaban J connectivity index is 1.88. The first-order valence-electron chi connectivity index (χ1n) is 5.99. The lowest BCUT2D eigenvalue weighted by molar-refractivity contribution is -0.137. The van der Waals surface area contributed by atoms with Crippen LogP contribution in [0.5, 0.6) is 11.5 Å². The highest BCUT2D eigenvalue weighted by atomic mass is 79.9. The number of hydrogen-bond acceptors (Lipinski definition) is 4. The van der Waals surface area contributed by atoms with E-state index >= 15 is 0 Å². The number of ether oxygens (including phenoxy) is 2. The molecule has 2 N–H and O–H groups in total. The maximum Gasteiger partial charge on any atom is 0.303 e. The molecule has 0 saturated carbocycles. The van der Waals surface area contributed by atoms with Gasteiger partial charge in [-0.25, -0.2) is 4.98 Å². The summed E-state index contributed by atoms with van der Waals surface area (Å²) in [6.07, 6.45) is 0.402. The standard InChI is InChI=1S/C13H11BrN2O4/c14-13-12(15-10(16-13)3-4-11(17)18)7-1-2-8-9(5-7)20-6-19-8/h1-2,5H,3-4,6H2,(H,15,16)(H,17,18). The number of H-pyrrole nitrogens is 1. The van der Waals surface area contributed by atoms with E-state index in [0.29, 0.717) is 23.7 Å². The zero-order chi connectivity index (χ0) is 14.1. The van der Waals surface area contributed by atoms with Crippen LogP contribution in [0, 0.1) is 0 Å². The largest absolute Gasteiger partial charge is 0.481 e. The predicted octanol–water partition coefficient (Wildman–Crippen LogP) is 2.59. The van der Waals surface area contributed by atoms with Gasteiger partial charge in [0.25, 0.3) is 0 Å². The first-order valence-corrected chi connectivity index (χ1v) is 6.79. The minimum atomic E-state index is -0.845. The number of carboxylic acids is 1. The summed E-state index contributed by atoms with van der Waals surface area (Å²) in [6.45, 7) is 0.227. The average Bonchev–Trinajstić information content (AvgIpc) is 3.01. The molecule has 0 amide bonds. The summed E-state index contributed by atoms with van der Waals surface area (Å²) in [6, 6.07) is 5.56. The highest BCUT2D eigenvalue weighted by Crippen LogP contribution is 2.37. The Kier molecular flexibility index (Phi) is 3.35. The molecule has 1 aliphatic heterocycles. The predicted molar refractivity (Wildman–Crippen MR) is 73.8 cm³/mol. The van der Waals surface area contributed by atoms with Crippen molar-refractivity contribution in [1.82, 2.24) is 9.97 Å². The Hall–Kier alpha value is -2.02. The number of fused-ring (bicyclic) bond motifs is 1. The minimum Gasteiger partial charge on any atom is -0.481 e. The summed E-state index contributed by atoms with van der Waals surface area (Å²) in [5, 5.41) is 8.69. The van der Waals surface area contributed by atoms with E-state index in [4.69, 9.17) is 14.6 Å². The van der Waals surface area contributed by atoms with Crippen LogP contribution in [0.3, 0.4) is 0 Å². The molecule has 0 saturated heterocycles. The lowest BCUT2D eigenvalue weighted by Crippen LogP contribution is -1.98. The molecular weight excluding hydrogens is 328 g/mol. The fraction of sp³-hybridized carbons (Fsp3) is 0.231. The Morgan fingerprint density at radius 3 is 3.00 bits per heavy atom. The molecule has 104 valence electrons. The second-order valence-corrected chi connectivity index (χ2v) is 5.10. The van der Waals surface area contributed by atoms with E-state index in [9.17, 15) is 4.79 Å². The monoisotopic (exact) mass is 338 g/mol. The van der Waals surface area contributed by atoms with E-state index in [2.05, 4.69) is 25.9 Å². The van der Waals surface area contributed by atoms with Gasteiger partial charge in [-0.1, -0.05) is 0 Å². The van der Waals surface area contributed by atoms with Gasteiger partial charge in [-0.15, -0.1) is 0 Å². The summed E-state index contributed by atoms with van der Waals surface area (Å²) < 4.78 is 11.3. The molecule has 1 aromatic heterocycles. The molecule has 2 heterocycles. The van der Waals surface area contributed by atoms with Gasteiger partial charge in [-0.2, -0.15) is 0 Å². The third-order valence-electron chi connectivity index (χ3n) is 2.93. The van der Waals surface area contributed by atoms with Gasteiger partial charge in [0, 0.05) is 12.0 Å². The summed E-state index contributed by atoms with van der Waals surface area (Å²) in [5.41, 5.74) is 1.60. The zero-order valence-corrected chi connectivity index (χ0v) is 11.9. The maximum absolute atomic E-state index is 10.6. The number of carbonyl (C=O) groups is 1. The van der Waals surface area contributed by atoms with E-state index < -0.39 is 5.97 Å². The van der Waals surface area contributed by atoms with Crippen molar-refractivity contribution in [1.29, 1.82) is 0 Å². The summed E-state index contributed by atoms with van der Waals surface area (Å²) in [7, 11) is 0. The van der Waals surface area contributed by atoms with E-state index in [1.807, 2.05) is 18.2 Å². The summed E-state index contributed by atoms with van der Waals surface area (Å²) in [4.78, 5) is 18.0. The quantitative estimate of drug-likeness (QED) is 0.894. The van der Waals surface area contributed by atoms with Crippen LogP contribution < -0.4 is 9.47 Å². The second kappa shape index (κ2) is 5.16. The lowest BCUT2D eigenvalue weighted by atomic mass is 10.1. The van der Waals surface area contributed by atoms with Crippen LogP contribution >= 0.6 is 15.9 Å². The number of benzene rings is 1. The van der Waals surface area contributed by atoms with Crippen molar-refractivity contribution < 1.29 is 19.4 Å². The molecule has 20 heavy (non-hydrogen) atoms. The zero-order valence-electron chi connectivity index (χ0n) is 10.4. The third kappa shape index (κ3) is 2.49. The van der Waals surface area contributed by atoms with Crippen molar-refractivity contribution in [3.05, 3.63) is 28.6 Å². The summed E-state index contributed by atoms with van der Waals surface area (Å²) in [5.74, 6) is 1.19. The van der Waals surface area contributed by atoms with Gasteiger partial charge in [-0.05, 0) is 34.1 Å². The molecule has 7 heteroatoms. The van der Waals surface area contributed by atoms with E-state index in [0.717, 1.165) is 15.9 Å². The van der Waals surface area contributed by atoms with Crippen LogP contribution in [0.2, 0.25) is 0 Å². The van der Waals surface area contributed by atoms with Crippen molar-refractivity contribution in [3.63, 3.8) is 0 Å². The van der Waals surface area contributed by atoms with Crippen molar-refractivity contribution in [2.45, 2.75) is 12.8 Å². The van der Waals surface area contributed by atoms with Crippen LogP contribution in [-0.2, 0) is 11.2 Å². The van der Waals surface area contributed by atoms with Gasteiger partial charge >= 0.3 is 5.97 Å². The molecule has 0 bridgehead atoms. The SMILES string of the molecule is O=C(O)CCc1nc(-c2ccc3c(c2)OCO3)c(Br)[nH]1. The van der Waals surface area contributed by atoms with Crippen molar-refractivity contribution in [2.24, 2.45) is 0 Å². The number of rotatable bonds is 4. The van der Waals surface area contributed by atoms with E-state index in [1.54, 1.807) is 0 Å². The Bertz CT molecular complexity index is 668. The van der Waals surface area contributed by atoms with Gasteiger partial charge in [0.05, 0.1) is 6.42 Å². The maximum atomic E-state index is 10.6. The highest BCUT2D eigenvalue weighted by Gasteiger charge is 2.17. The molecule has 0 fully saturated rings. The molecular formula is C13H11BrN2O4. The van der Waals surface area contributed by atoms with Crippen molar-refractivity contribution >= 4 is 21.9 Å².